The molecular weight excluding hydrogens is 544 g/mol. The van der Waals surface area contributed by atoms with E-state index in [9.17, 15) is 15.0 Å². The summed E-state index contributed by atoms with van der Waals surface area (Å²) >= 11 is 1.48. The zero-order chi connectivity index (χ0) is 28.6. The number of thioether (sulfide) groups is 1. The lowest BCUT2D eigenvalue weighted by atomic mass is 10.0. The van der Waals surface area contributed by atoms with Crippen LogP contribution in [0.3, 0.4) is 0 Å². The molecule has 4 N–H and O–H groups in total. The number of nitrogens with one attached hydrogen (secondary N) is 2. The molecule has 214 valence electrons. The number of aromatic hydroxyl groups is 1. The number of ether oxygens (including phenoxy) is 2. The molecule has 1 saturated heterocycles. The molecule has 0 radical (unpaired) electrons. The average Bonchev–Trinajstić information content (AvgIpc) is 3.48. The first-order valence-corrected chi connectivity index (χ1v) is 14.3. The highest BCUT2D eigenvalue weighted by atomic mass is 32.2. The van der Waals surface area contributed by atoms with Gasteiger partial charge in [-0.25, -0.2) is 4.79 Å². The topological polar surface area (TPSA) is 144 Å². The predicted molar refractivity (Wildman–Crippen MR) is 152 cm³/mol. The number of benzene rings is 3. The molecular formula is C29H32N6O5S. The molecule has 41 heavy (non-hydrogen) atoms. The predicted octanol–water partition coefficient (Wildman–Crippen LogP) is 4.02. The van der Waals surface area contributed by atoms with Crippen LogP contribution in [0.2, 0.25) is 0 Å². The third-order valence-electron chi connectivity index (χ3n) is 6.59. The fraction of sp³-hybridized carbons (Fsp3) is 0.310. The zero-order valence-electron chi connectivity index (χ0n) is 22.5. The van der Waals surface area contributed by atoms with Gasteiger partial charge in [-0.3, -0.25) is 0 Å². The van der Waals surface area contributed by atoms with Gasteiger partial charge in [-0.1, -0.05) is 60.3 Å². The third kappa shape index (κ3) is 7.41. The van der Waals surface area contributed by atoms with Gasteiger partial charge in [0.2, 0.25) is 5.16 Å². The number of aliphatic hydroxyl groups is 1. The van der Waals surface area contributed by atoms with E-state index in [-0.39, 0.29) is 30.6 Å². The van der Waals surface area contributed by atoms with Crippen molar-refractivity contribution < 1.29 is 24.5 Å². The van der Waals surface area contributed by atoms with Crippen molar-refractivity contribution in [2.75, 3.05) is 12.3 Å². The highest BCUT2D eigenvalue weighted by molar-refractivity contribution is 7.99. The Morgan fingerprint density at radius 1 is 0.976 bits per heavy atom. The highest BCUT2D eigenvalue weighted by Gasteiger charge is 2.32. The highest BCUT2D eigenvalue weighted by Crippen LogP contribution is 2.39. The van der Waals surface area contributed by atoms with E-state index in [1.165, 1.54) is 11.8 Å². The van der Waals surface area contributed by atoms with Gasteiger partial charge in [0.05, 0.1) is 24.5 Å². The summed E-state index contributed by atoms with van der Waals surface area (Å²) in [5.41, 5.74) is 4.40. The molecule has 0 saturated carbocycles. The van der Waals surface area contributed by atoms with Crippen LogP contribution in [0.5, 0.6) is 5.75 Å². The maximum Gasteiger partial charge on any atom is 0.315 e. The van der Waals surface area contributed by atoms with E-state index in [0.29, 0.717) is 30.4 Å². The Morgan fingerprint density at radius 2 is 1.68 bits per heavy atom. The zero-order valence-corrected chi connectivity index (χ0v) is 23.3. The number of hydrogen-bond donors (Lipinski definition) is 4. The quantitative estimate of drug-likeness (QED) is 0.206. The standard InChI is InChI=1S/C29H32N6O5S/c1-2-30-28(38)31-16-19-3-9-22(10-4-19)27-39-25(15-26(40-27)21-7-5-20(17-36)6-8-21)18-41-29-32-33-34-35(29)23-11-13-24(37)14-12-23/h3-14,25-27,36-37H,2,15-18H2,1H3,(H2,30,31,38). The monoisotopic (exact) mass is 576 g/mol. The Balaban J connectivity index is 1.30. The van der Waals surface area contributed by atoms with Gasteiger partial charge in [-0.05, 0) is 58.3 Å². The Hall–Kier alpha value is -3.97. The van der Waals surface area contributed by atoms with Gasteiger partial charge in [0.15, 0.2) is 6.29 Å². The van der Waals surface area contributed by atoms with Gasteiger partial charge in [0, 0.05) is 30.8 Å². The van der Waals surface area contributed by atoms with Crippen LogP contribution in [0.15, 0.2) is 78.0 Å². The normalized spacial score (nSPS) is 18.6. The van der Waals surface area contributed by atoms with E-state index in [0.717, 1.165) is 27.9 Å². The molecule has 1 aromatic heterocycles. The largest absolute Gasteiger partial charge is 0.508 e. The number of hydrogen-bond acceptors (Lipinski definition) is 9. The summed E-state index contributed by atoms with van der Waals surface area (Å²) in [6, 6.07) is 22.0. The SMILES string of the molecule is CCNC(=O)NCc1ccc(C2OC(CSc3nnnn3-c3ccc(O)cc3)CC(c3ccc(CO)cc3)O2)cc1. The van der Waals surface area contributed by atoms with E-state index in [2.05, 4.69) is 26.2 Å². The smallest absolute Gasteiger partial charge is 0.315 e. The lowest BCUT2D eigenvalue weighted by Gasteiger charge is -2.36. The molecule has 1 aliphatic rings. The Morgan fingerprint density at radius 3 is 2.39 bits per heavy atom. The Bertz CT molecular complexity index is 1420. The van der Waals surface area contributed by atoms with Gasteiger partial charge >= 0.3 is 6.03 Å². The summed E-state index contributed by atoms with van der Waals surface area (Å²) in [7, 11) is 0. The van der Waals surface area contributed by atoms with Crippen LogP contribution in [0.25, 0.3) is 5.69 Å². The molecule has 1 aliphatic heterocycles. The second kappa shape index (κ2) is 13.6. The van der Waals surface area contributed by atoms with Crippen LogP contribution in [0.4, 0.5) is 4.79 Å². The summed E-state index contributed by atoms with van der Waals surface area (Å²) in [6.45, 7) is 2.83. The molecule has 5 rings (SSSR count). The molecule has 0 aliphatic carbocycles. The maximum absolute atomic E-state index is 11.7. The Labute approximate surface area is 241 Å². The molecule has 3 aromatic carbocycles. The van der Waals surface area contributed by atoms with Crippen molar-refractivity contribution in [2.45, 2.75) is 50.2 Å². The lowest BCUT2D eigenvalue weighted by Crippen LogP contribution is -2.34. The summed E-state index contributed by atoms with van der Waals surface area (Å²) in [4.78, 5) is 11.7. The van der Waals surface area contributed by atoms with Crippen LogP contribution in [-0.2, 0) is 22.6 Å². The number of rotatable bonds is 10. The molecule has 3 unspecified atom stereocenters. The number of phenols is 1. The number of aliphatic hydroxyl groups excluding tert-OH is 1. The van der Waals surface area contributed by atoms with Crippen LogP contribution in [0.1, 0.15) is 48.0 Å². The fourth-order valence-electron chi connectivity index (χ4n) is 4.41. The minimum atomic E-state index is -0.602. The van der Waals surface area contributed by atoms with E-state index >= 15 is 0 Å². The second-order valence-corrected chi connectivity index (χ2v) is 10.5. The fourth-order valence-corrected chi connectivity index (χ4v) is 5.32. The van der Waals surface area contributed by atoms with Crippen LogP contribution in [0, 0.1) is 0 Å². The number of tetrazole rings is 1. The third-order valence-corrected chi connectivity index (χ3v) is 7.64. The number of nitrogens with zero attached hydrogens (tertiary/aromatic N) is 4. The molecule has 2 heterocycles. The molecule has 0 spiro atoms. The maximum atomic E-state index is 11.7. The summed E-state index contributed by atoms with van der Waals surface area (Å²) in [5.74, 6) is 0.750. The summed E-state index contributed by atoms with van der Waals surface area (Å²) in [6.07, 6.45) is -0.378. The van der Waals surface area contributed by atoms with Gasteiger partial charge in [-0.15, -0.1) is 5.10 Å². The lowest BCUT2D eigenvalue weighted by molar-refractivity contribution is -0.245. The first-order chi connectivity index (χ1) is 20.0. The molecule has 2 amide bonds. The van der Waals surface area contributed by atoms with Gasteiger partial charge in [0.25, 0.3) is 0 Å². The van der Waals surface area contributed by atoms with Crippen molar-refractivity contribution >= 4 is 17.8 Å². The minimum absolute atomic E-state index is 0.0200. The first kappa shape index (κ1) is 28.6. The van der Waals surface area contributed by atoms with Crippen LogP contribution < -0.4 is 10.6 Å². The number of urea groups is 1. The molecule has 3 atom stereocenters. The molecule has 12 heteroatoms. The molecule has 0 bridgehead atoms. The number of aromatic nitrogens is 4. The summed E-state index contributed by atoms with van der Waals surface area (Å²) in [5, 5.41) is 37.4. The van der Waals surface area contributed by atoms with E-state index in [1.54, 1.807) is 28.9 Å². The van der Waals surface area contributed by atoms with Gasteiger partial charge in [-0.2, -0.15) is 4.68 Å². The van der Waals surface area contributed by atoms with Crippen molar-refractivity contribution in [2.24, 2.45) is 0 Å². The van der Waals surface area contributed by atoms with Crippen molar-refractivity contribution in [3.8, 4) is 11.4 Å². The number of amides is 2. The number of phenolic OH excluding ortho intramolecular Hbond substituents is 1. The van der Waals surface area contributed by atoms with Crippen molar-refractivity contribution in [3.05, 3.63) is 95.1 Å². The number of carbonyl (C=O) groups is 1. The van der Waals surface area contributed by atoms with Crippen molar-refractivity contribution in [1.29, 1.82) is 0 Å². The number of carbonyl (C=O) groups excluding carboxylic acids is 1. The van der Waals surface area contributed by atoms with Gasteiger partial charge < -0.3 is 30.3 Å². The summed E-state index contributed by atoms with van der Waals surface area (Å²) < 4.78 is 14.5. The second-order valence-electron chi connectivity index (χ2n) is 9.51. The molecule has 1 fully saturated rings. The van der Waals surface area contributed by atoms with E-state index in [1.807, 2.05) is 55.5 Å². The van der Waals surface area contributed by atoms with E-state index < -0.39 is 6.29 Å². The first-order valence-electron chi connectivity index (χ1n) is 13.3. The molecule has 4 aromatic rings. The minimum Gasteiger partial charge on any atom is -0.508 e. The van der Waals surface area contributed by atoms with Gasteiger partial charge in [0.1, 0.15) is 5.75 Å². The van der Waals surface area contributed by atoms with Crippen LogP contribution in [-0.4, -0.2) is 54.9 Å². The van der Waals surface area contributed by atoms with Crippen LogP contribution >= 0.6 is 11.8 Å². The van der Waals surface area contributed by atoms with E-state index in [4.69, 9.17) is 9.47 Å². The molecule has 11 nitrogen and oxygen atoms in total. The van der Waals surface area contributed by atoms with Crippen molar-refractivity contribution in [3.63, 3.8) is 0 Å². The van der Waals surface area contributed by atoms with Crippen molar-refractivity contribution in [1.82, 2.24) is 30.8 Å². The Kier molecular flexibility index (Phi) is 9.47. The average molecular weight is 577 g/mol.